The summed E-state index contributed by atoms with van der Waals surface area (Å²) in [5, 5.41) is 0. The minimum Gasteiger partial charge on any atom is -0.343 e. The molecule has 0 spiro atoms. The Morgan fingerprint density at radius 1 is 0.929 bits per heavy atom. The monoisotopic (exact) mass is 199 g/mol. The lowest BCUT2D eigenvalue weighted by Crippen LogP contribution is -2.27. The number of amides is 1. The SMILES string of the molecule is C1CCCCC1.CCN(CC)C(C)=O. The molecule has 2 heteroatoms. The van der Waals surface area contributed by atoms with E-state index in [2.05, 4.69) is 0 Å². The van der Waals surface area contributed by atoms with Crippen LogP contribution in [0.2, 0.25) is 0 Å². The summed E-state index contributed by atoms with van der Waals surface area (Å²) in [4.78, 5) is 12.3. The number of hydrogen-bond donors (Lipinski definition) is 0. The standard InChI is InChI=1S/C6H13NO.C6H12/c1-4-7(5-2)6(3)8;1-2-4-6-5-3-1/h4-5H2,1-3H3;1-6H2. The van der Waals surface area contributed by atoms with Crippen LogP contribution in [-0.4, -0.2) is 23.9 Å². The summed E-state index contributed by atoms with van der Waals surface area (Å²) in [6, 6.07) is 0. The number of carbonyl (C=O) groups is 1. The molecular formula is C12H25NO. The fourth-order valence-electron chi connectivity index (χ4n) is 1.73. The number of carbonyl (C=O) groups excluding carboxylic acids is 1. The minimum absolute atomic E-state index is 0.162. The maximum atomic E-state index is 10.5. The fraction of sp³-hybridized carbons (Fsp3) is 0.917. The molecule has 0 aromatic heterocycles. The zero-order valence-electron chi connectivity index (χ0n) is 10.0. The van der Waals surface area contributed by atoms with Crippen molar-refractivity contribution in [2.75, 3.05) is 13.1 Å². The molecule has 0 aromatic carbocycles. The zero-order valence-corrected chi connectivity index (χ0v) is 10.0. The Hall–Kier alpha value is -0.530. The summed E-state index contributed by atoms with van der Waals surface area (Å²) in [5.74, 6) is 0.162. The Bertz CT molecular complexity index is 126. The van der Waals surface area contributed by atoms with E-state index in [4.69, 9.17) is 0 Å². The van der Waals surface area contributed by atoms with Crippen molar-refractivity contribution in [3.63, 3.8) is 0 Å². The molecule has 1 saturated carbocycles. The van der Waals surface area contributed by atoms with Crippen molar-refractivity contribution < 1.29 is 4.79 Å². The van der Waals surface area contributed by atoms with E-state index in [0.29, 0.717) is 0 Å². The van der Waals surface area contributed by atoms with E-state index in [1.54, 1.807) is 11.8 Å². The van der Waals surface area contributed by atoms with Gasteiger partial charge in [-0.25, -0.2) is 0 Å². The lowest BCUT2D eigenvalue weighted by molar-refractivity contribution is -0.128. The molecule has 2 nitrogen and oxygen atoms in total. The smallest absolute Gasteiger partial charge is 0.219 e. The van der Waals surface area contributed by atoms with Crippen LogP contribution >= 0.6 is 0 Å². The third-order valence-corrected chi connectivity index (χ3v) is 2.71. The second kappa shape index (κ2) is 9.04. The summed E-state index contributed by atoms with van der Waals surface area (Å²) >= 11 is 0. The van der Waals surface area contributed by atoms with Crippen LogP contribution in [0.15, 0.2) is 0 Å². The van der Waals surface area contributed by atoms with E-state index in [1.807, 2.05) is 13.8 Å². The van der Waals surface area contributed by atoms with E-state index in [1.165, 1.54) is 38.5 Å². The van der Waals surface area contributed by atoms with Crippen molar-refractivity contribution in [2.45, 2.75) is 59.3 Å². The summed E-state index contributed by atoms with van der Waals surface area (Å²) in [6.07, 6.45) is 9.00. The van der Waals surface area contributed by atoms with Gasteiger partial charge in [0.2, 0.25) is 5.91 Å². The molecule has 0 atom stereocenters. The molecule has 0 N–H and O–H groups in total. The van der Waals surface area contributed by atoms with E-state index in [9.17, 15) is 4.79 Å². The lowest BCUT2D eigenvalue weighted by Gasteiger charge is -2.14. The predicted molar refractivity (Wildman–Crippen MR) is 61.3 cm³/mol. The third kappa shape index (κ3) is 6.93. The molecule has 14 heavy (non-hydrogen) atoms. The van der Waals surface area contributed by atoms with Gasteiger partial charge in [0.1, 0.15) is 0 Å². The predicted octanol–water partition coefficient (Wildman–Crippen LogP) is 3.22. The maximum Gasteiger partial charge on any atom is 0.219 e. The fourth-order valence-corrected chi connectivity index (χ4v) is 1.73. The summed E-state index contributed by atoms with van der Waals surface area (Å²) in [5.41, 5.74) is 0. The zero-order chi connectivity index (χ0) is 10.8. The highest BCUT2D eigenvalue weighted by Crippen LogP contribution is 2.15. The number of nitrogens with zero attached hydrogens (tertiary/aromatic N) is 1. The molecular weight excluding hydrogens is 174 g/mol. The van der Waals surface area contributed by atoms with Crippen molar-refractivity contribution in [3.8, 4) is 0 Å². The van der Waals surface area contributed by atoms with Crippen LogP contribution in [0.4, 0.5) is 0 Å². The van der Waals surface area contributed by atoms with Gasteiger partial charge >= 0.3 is 0 Å². The maximum absolute atomic E-state index is 10.5. The average molecular weight is 199 g/mol. The van der Waals surface area contributed by atoms with E-state index in [-0.39, 0.29) is 5.91 Å². The molecule has 0 unspecified atom stereocenters. The Balaban J connectivity index is 0.000000249. The summed E-state index contributed by atoms with van der Waals surface area (Å²) in [6.45, 7) is 7.19. The van der Waals surface area contributed by atoms with Gasteiger partial charge in [0.15, 0.2) is 0 Å². The van der Waals surface area contributed by atoms with E-state index >= 15 is 0 Å². The largest absolute Gasteiger partial charge is 0.343 e. The van der Waals surface area contributed by atoms with Gasteiger partial charge in [-0.05, 0) is 13.8 Å². The van der Waals surface area contributed by atoms with Crippen molar-refractivity contribution in [1.29, 1.82) is 0 Å². The quantitative estimate of drug-likeness (QED) is 0.668. The molecule has 0 radical (unpaired) electrons. The van der Waals surface area contributed by atoms with Gasteiger partial charge in [-0.3, -0.25) is 4.79 Å². The molecule has 0 bridgehead atoms. The number of rotatable bonds is 2. The Kier molecular flexibility index (Phi) is 8.70. The highest BCUT2D eigenvalue weighted by atomic mass is 16.2. The average Bonchev–Trinajstić information content (AvgIpc) is 2.22. The van der Waals surface area contributed by atoms with Crippen LogP contribution < -0.4 is 0 Å². The molecule has 0 aliphatic heterocycles. The summed E-state index contributed by atoms with van der Waals surface area (Å²) in [7, 11) is 0. The van der Waals surface area contributed by atoms with E-state index in [0.717, 1.165) is 13.1 Å². The molecule has 0 aromatic rings. The van der Waals surface area contributed by atoms with Gasteiger partial charge in [0, 0.05) is 20.0 Å². The van der Waals surface area contributed by atoms with Gasteiger partial charge in [0.25, 0.3) is 0 Å². The molecule has 84 valence electrons. The van der Waals surface area contributed by atoms with Crippen LogP contribution in [0, 0.1) is 0 Å². The highest BCUT2D eigenvalue weighted by Gasteiger charge is 1.99. The van der Waals surface area contributed by atoms with Gasteiger partial charge < -0.3 is 4.90 Å². The number of hydrogen-bond acceptors (Lipinski definition) is 1. The first-order valence-electron chi connectivity index (χ1n) is 5.97. The van der Waals surface area contributed by atoms with Crippen LogP contribution in [0.5, 0.6) is 0 Å². The Morgan fingerprint density at radius 2 is 1.21 bits per heavy atom. The van der Waals surface area contributed by atoms with Crippen LogP contribution in [0.3, 0.4) is 0 Å². The summed E-state index contributed by atoms with van der Waals surface area (Å²) < 4.78 is 0. The minimum atomic E-state index is 0.162. The third-order valence-electron chi connectivity index (χ3n) is 2.71. The van der Waals surface area contributed by atoms with E-state index < -0.39 is 0 Å². The molecule has 1 aliphatic rings. The first-order valence-corrected chi connectivity index (χ1v) is 5.97. The highest BCUT2D eigenvalue weighted by molar-refractivity contribution is 5.73. The lowest BCUT2D eigenvalue weighted by atomic mass is 10.0. The van der Waals surface area contributed by atoms with Crippen LogP contribution in [0.25, 0.3) is 0 Å². The van der Waals surface area contributed by atoms with Crippen LogP contribution in [0.1, 0.15) is 59.3 Å². The molecule has 1 fully saturated rings. The Labute approximate surface area is 88.7 Å². The first-order chi connectivity index (χ1) is 6.72. The van der Waals surface area contributed by atoms with Crippen molar-refractivity contribution in [1.82, 2.24) is 4.90 Å². The molecule has 1 amide bonds. The second-order valence-corrected chi connectivity index (χ2v) is 3.81. The van der Waals surface area contributed by atoms with Gasteiger partial charge in [-0.2, -0.15) is 0 Å². The molecule has 0 saturated heterocycles. The first kappa shape index (κ1) is 13.5. The van der Waals surface area contributed by atoms with Crippen molar-refractivity contribution in [3.05, 3.63) is 0 Å². The molecule has 1 aliphatic carbocycles. The molecule has 1 rings (SSSR count). The second-order valence-electron chi connectivity index (χ2n) is 3.81. The normalized spacial score (nSPS) is 15.4. The topological polar surface area (TPSA) is 20.3 Å². The van der Waals surface area contributed by atoms with Gasteiger partial charge in [0.05, 0.1) is 0 Å². The van der Waals surface area contributed by atoms with Crippen molar-refractivity contribution in [2.24, 2.45) is 0 Å². The Morgan fingerprint density at radius 3 is 1.29 bits per heavy atom. The van der Waals surface area contributed by atoms with Gasteiger partial charge in [-0.15, -0.1) is 0 Å². The van der Waals surface area contributed by atoms with Crippen molar-refractivity contribution >= 4 is 5.91 Å². The molecule has 0 heterocycles. The van der Waals surface area contributed by atoms with Crippen LogP contribution in [-0.2, 0) is 4.79 Å². The van der Waals surface area contributed by atoms with Gasteiger partial charge in [-0.1, -0.05) is 38.5 Å².